The van der Waals surface area contributed by atoms with E-state index >= 15 is 0 Å². The van der Waals surface area contributed by atoms with E-state index in [1.54, 1.807) is 0 Å². The zero-order valence-electron chi connectivity index (χ0n) is 8.97. The summed E-state index contributed by atoms with van der Waals surface area (Å²) in [5, 5.41) is 3.71. The minimum absolute atomic E-state index is 0.184. The first-order valence-corrected chi connectivity index (χ1v) is 5.09. The number of azide groups is 1. The van der Waals surface area contributed by atoms with Gasteiger partial charge in [-0.1, -0.05) is 25.9 Å². The molecule has 0 aliphatic carbocycles. The lowest BCUT2D eigenvalue weighted by Gasteiger charge is -2.31. The predicted octanol–water partition coefficient (Wildman–Crippen LogP) is 2.39. The van der Waals surface area contributed by atoms with Gasteiger partial charge in [-0.05, 0) is 24.3 Å². The highest BCUT2D eigenvalue weighted by molar-refractivity contribution is 6.11. The van der Waals surface area contributed by atoms with E-state index in [0.29, 0.717) is 0 Å². The van der Waals surface area contributed by atoms with Gasteiger partial charge in [0.05, 0.1) is 11.6 Å². The van der Waals surface area contributed by atoms with Crippen molar-refractivity contribution in [3.05, 3.63) is 10.4 Å². The predicted molar refractivity (Wildman–Crippen MR) is 56.0 cm³/mol. The van der Waals surface area contributed by atoms with Gasteiger partial charge in [-0.2, -0.15) is 0 Å². The molecule has 1 heterocycles. The second-order valence-electron chi connectivity index (χ2n) is 3.84. The van der Waals surface area contributed by atoms with Crippen LogP contribution in [0, 0.1) is 5.92 Å². The molecule has 0 unspecified atom stereocenters. The molecule has 1 fully saturated rings. The van der Waals surface area contributed by atoms with Crippen molar-refractivity contribution in [3.8, 4) is 0 Å². The van der Waals surface area contributed by atoms with E-state index in [9.17, 15) is 0 Å². The summed E-state index contributed by atoms with van der Waals surface area (Å²) in [5.74, 6) is 0.184. The molecule has 0 bridgehead atoms. The van der Waals surface area contributed by atoms with Gasteiger partial charge in [0.1, 0.15) is 7.85 Å². The molecule has 1 saturated heterocycles. The fraction of sp³-hybridized carbons (Fsp3) is 1.00. The van der Waals surface area contributed by atoms with Crippen LogP contribution in [-0.2, 0) is 4.74 Å². The van der Waals surface area contributed by atoms with Crippen LogP contribution in [0.25, 0.3) is 10.4 Å². The third kappa shape index (κ3) is 1.62. The first-order valence-electron chi connectivity index (χ1n) is 5.09. The molecule has 0 amide bonds. The van der Waals surface area contributed by atoms with Crippen molar-refractivity contribution < 1.29 is 4.74 Å². The van der Waals surface area contributed by atoms with Crippen molar-refractivity contribution in [3.63, 3.8) is 0 Å². The normalized spacial score (nSPS) is 35.2. The minimum Gasteiger partial charge on any atom is -0.381 e. The first-order chi connectivity index (χ1) is 6.61. The van der Waals surface area contributed by atoms with Crippen LogP contribution >= 0.6 is 0 Å². The Morgan fingerprint density at radius 2 is 2.07 bits per heavy atom. The maximum absolute atomic E-state index is 8.43. The van der Waals surface area contributed by atoms with Gasteiger partial charge in [0.2, 0.25) is 0 Å². The topological polar surface area (TPSA) is 58.0 Å². The van der Waals surface area contributed by atoms with Crippen molar-refractivity contribution in [2.24, 2.45) is 11.0 Å². The van der Waals surface area contributed by atoms with Crippen molar-refractivity contribution in [1.82, 2.24) is 0 Å². The molecule has 4 nitrogen and oxygen atoms in total. The molecule has 1 rings (SSSR count). The number of hydrogen-bond acceptors (Lipinski definition) is 2. The lowest BCUT2D eigenvalue weighted by Crippen LogP contribution is -2.34. The third-order valence-electron chi connectivity index (χ3n) is 3.43. The van der Waals surface area contributed by atoms with Crippen LogP contribution in [0.1, 0.15) is 33.6 Å². The summed E-state index contributed by atoms with van der Waals surface area (Å²) in [5.41, 5.74) is 8.22. The highest BCUT2D eigenvalue weighted by Gasteiger charge is 2.47. The highest BCUT2D eigenvalue weighted by atomic mass is 16.5. The highest BCUT2D eigenvalue weighted by Crippen LogP contribution is 2.41. The SMILES string of the molecule is [B][C@@H]1OC(CC)(CC)[C@@H](C)[C@H]1N=[N+]=[N-]. The van der Waals surface area contributed by atoms with E-state index in [1.165, 1.54) is 0 Å². The summed E-state index contributed by atoms with van der Waals surface area (Å²) in [6, 6.07) is -0.694. The molecule has 0 aromatic rings. The lowest BCUT2D eigenvalue weighted by atomic mass is 9.79. The van der Waals surface area contributed by atoms with Gasteiger partial charge in [0, 0.05) is 10.9 Å². The Labute approximate surface area is 86.1 Å². The smallest absolute Gasteiger partial charge is 0.109 e. The average Bonchev–Trinajstić information content (AvgIpc) is 2.43. The number of hydrogen-bond donors (Lipinski definition) is 0. The zero-order valence-corrected chi connectivity index (χ0v) is 8.97. The van der Waals surface area contributed by atoms with Crippen LogP contribution in [0.3, 0.4) is 0 Å². The van der Waals surface area contributed by atoms with Crippen LogP contribution in [-0.4, -0.2) is 25.5 Å². The summed E-state index contributed by atoms with van der Waals surface area (Å²) in [6.45, 7) is 6.19. The third-order valence-corrected chi connectivity index (χ3v) is 3.43. The monoisotopic (exact) mass is 193 g/mol. The fourth-order valence-electron chi connectivity index (χ4n) is 2.33. The van der Waals surface area contributed by atoms with Crippen molar-refractivity contribution >= 4 is 7.85 Å². The maximum Gasteiger partial charge on any atom is 0.109 e. The van der Waals surface area contributed by atoms with Crippen LogP contribution in [0.5, 0.6) is 0 Å². The van der Waals surface area contributed by atoms with Gasteiger partial charge in [-0.3, -0.25) is 0 Å². The van der Waals surface area contributed by atoms with E-state index in [0.717, 1.165) is 12.8 Å². The van der Waals surface area contributed by atoms with Gasteiger partial charge in [-0.15, -0.1) is 0 Å². The average molecular weight is 193 g/mol. The van der Waals surface area contributed by atoms with Gasteiger partial charge in [0.15, 0.2) is 0 Å². The molecule has 3 atom stereocenters. The molecule has 0 aromatic heterocycles. The minimum atomic E-state index is -0.458. The molecule has 1 aliphatic heterocycles. The standard InChI is InChI=1S/C9H16BN3O/c1-4-9(5-2)6(3)7(12-13-11)8(10)14-9/h6-8H,4-5H2,1-3H3/t6-,7+,8+/m0/s1. The van der Waals surface area contributed by atoms with Crippen LogP contribution in [0.15, 0.2) is 5.11 Å². The van der Waals surface area contributed by atoms with Gasteiger partial charge in [0.25, 0.3) is 0 Å². The second kappa shape index (κ2) is 4.24. The molecule has 14 heavy (non-hydrogen) atoms. The van der Waals surface area contributed by atoms with Gasteiger partial charge >= 0.3 is 0 Å². The first kappa shape index (κ1) is 11.4. The Hall–Kier alpha value is -0.665. The zero-order chi connectivity index (χ0) is 10.8. The second-order valence-corrected chi connectivity index (χ2v) is 3.84. The van der Waals surface area contributed by atoms with Crippen LogP contribution in [0.4, 0.5) is 0 Å². The summed E-state index contributed by atoms with van der Waals surface area (Å²) < 4.78 is 5.74. The summed E-state index contributed by atoms with van der Waals surface area (Å²) in [6.07, 6.45) is 1.80. The fourth-order valence-corrected chi connectivity index (χ4v) is 2.33. The summed E-state index contributed by atoms with van der Waals surface area (Å²) in [4.78, 5) is 2.82. The molecule has 0 N–H and O–H groups in total. The van der Waals surface area contributed by atoms with Crippen molar-refractivity contribution in [2.75, 3.05) is 0 Å². The van der Waals surface area contributed by atoms with E-state index < -0.39 is 6.00 Å². The Kier molecular flexibility index (Phi) is 3.45. The van der Waals surface area contributed by atoms with Crippen molar-refractivity contribution in [2.45, 2.75) is 51.3 Å². The molecule has 1 aliphatic rings. The molecule has 0 spiro atoms. The van der Waals surface area contributed by atoms with E-state index in [2.05, 4.69) is 23.9 Å². The molecule has 0 saturated carbocycles. The molecular weight excluding hydrogens is 177 g/mol. The summed E-state index contributed by atoms with van der Waals surface area (Å²) >= 11 is 0. The van der Waals surface area contributed by atoms with E-state index in [4.69, 9.17) is 18.1 Å². The lowest BCUT2D eigenvalue weighted by molar-refractivity contribution is -0.0370. The van der Waals surface area contributed by atoms with E-state index in [-0.39, 0.29) is 17.6 Å². The number of ether oxygens (including phenoxy) is 1. The summed E-state index contributed by atoms with van der Waals surface area (Å²) in [7, 11) is 5.80. The van der Waals surface area contributed by atoms with Crippen molar-refractivity contribution in [1.29, 1.82) is 0 Å². The number of rotatable bonds is 3. The molecule has 76 valence electrons. The Morgan fingerprint density at radius 1 is 1.50 bits per heavy atom. The largest absolute Gasteiger partial charge is 0.381 e. The van der Waals surface area contributed by atoms with Crippen LogP contribution in [0.2, 0.25) is 0 Å². The Morgan fingerprint density at radius 3 is 2.43 bits per heavy atom. The number of nitrogens with zero attached hydrogens (tertiary/aromatic N) is 3. The van der Waals surface area contributed by atoms with Gasteiger partial charge < -0.3 is 4.74 Å². The van der Waals surface area contributed by atoms with Gasteiger partial charge in [-0.25, -0.2) is 0 Å². The molecule has 5 heteroatoms. The van der Waals surface area contributed by atoms with Crippen LogP contribution < -0.4 is 0 Å². The van der Waals surface area contributed by atoms with E-state index in [1.807, 2.05) is 6.92 Å². The molecular formula is C9H16BN3O. The molecule has 0 aromatic carbocycles. The quantitative estimate of drug-likeness (QED) is 0.293. The Balaban J connectivity index is 2.92. The molecule has 2 radical (unpaired) electrons. The Bertz CT molecular complexity index is 248. The maximum atomic E-state index is 8.43.